The number of aryl methyl sites for hydroxylation is 1. The van der Waals surface area contributed by atoms with E-state index in [4.69, 9.17) is 16.2 Å². The molecule has 4 rings (SSSR count). The number of carbonyl (C=O) groups excluding carboxylic acids is 3. The number of nitrogen functional groups attached to an aromatic ring is 1. The molecular weight excluding hydrogens is 502 g/mol. The van der Waals surface area contributed by atoms with Crippen molar-refractivity contribution in [2.45, 2.75) is 57.5 Å². The lowest BCUT2D eigenvalue weighted by atomic mass is 9.94. The summed E-state index contributed by atoms with van der Waals surface area (Å²) >= 11 is 0.796. The lowest BCUT2D eigenvalue weighted by molar-refractivity contribution is -0.123. The summed E-state index contributed by atoms with van der Waals surface area (Å²) in [6, 6.07) is 13.6. The van der Waals surface area contributed by atoms with Gasteiger partial charge >= 0.3 is 0 Å². The topological polar surface area (TPSA) is 141 Å². The first-order valence-electron chi connectivity index (χ1n) is 12.8. The summed E-state index contributed by atoms with van der Waals surface area (Å²) < 4.78 is 9.35. The van der Waals surface area contributed by atoms with E-state index in [1.165, 1.54) is 4.90 Å². The molecule has 0 radical (unpaired) electrons. The first-order chi connectivity index (χ1) is 18.3. The van der Waals surface area contributed by atoms with Crippen molar-refractivity contribution in [3.05, 3.63) is 70.2 Å². The van der Waals surface area contributed by atoms with E-state index in [9.17, 15) is 14.4 Å². The maximum Gasteiger partial charge on any atom is 0.273 e. The van der Waals surface area contributed by atoms with Gasteiger partial charge in [-0.1, -0.05) is 56.5 Å². The maximum absolute atomic E-state index is 14.3. The van der Waals surface area contributed by atoms with Gasteiger partial charge in [0, 0.05) is 11.7 Å². The van der Waals surface area contributed by atoms with E-state index in [-0.39, 0.29) is 28.2 Å². The second kappa shape index (κ2) is 12.1. The summed E-state index contributed by atoms with van der Waals surface area (Å²) in [4.78, 5) is 41.7. The number of ether oxygens (including phenoxy) is 1. The van der Waals surface area contributed by atoms with Gasteiger partial charge in [0.25, 0.3) is 11.8 Å². The molecule has 200 valence electrons. The summed E-state index contributed by atoms with van der Waals surface area (Å²) in [6.45, 7) is 1.98. The number of rotatable bonds is 9. The smallest absolute Gasteiger partial charge is 0.273 e. The largest absolute Gasteiger partial charge is 0.497 e. The van der Waals surface area contributed by atoms with Crippen molar-refractivity contribution in [1.82, 2.24) is 9.69 Å². The predicted molar refractivity (Wildman–Crippen MR) is 148 cm³/mol. The van der Waals surface area contributed by atoms with E-state index in [1.54, 1.807) is 31.4 Å². The fourth-order valence-corrected chi connectivity index (χ4v) is 5.62. The van der Waals surface area contributed by atoms with E-state index >= 15 is 0 Å². The number of carbonyl (C=O) groups is 3. The highest BCUT2D eigenvalue weighted by Crippen LogP contribution is 2.36. The number of nitrogens with one attached hydrogen (secondary N) is 1. The Labute approximate surface area is 226 Å². The van der Waals surface area contributed by atoms with Crippen LogP contribution in [0, 0.1) is 0 Å². The Hall–Kier alpha value is -3.92. The van der Waals surface area contributed by atoms with Gasteiger partial charge < -0.3 is 21.5 Å². The number of hydrogen-bond donors (Lipinski definition) is 3. The minimum absolute atomic E-state index is 0.0327. The van der Waals surface area contributed by atoms with Gasteiger partial charge in [-0.15, -0.1) is 0 Å². The van der Waals surface area contributed by atoms with Crippen LogP contribution in [-0.2, 0) is 11.2 Å². The second-order valence-corrected chi connectivity index (χ2v) is 10.1. The lowest BCUT2D eigenvalue weighted by Crippen LogP contribution is -2.47. The molecule has 9 nitrogen and oxygen atoms in total. The van der Waals surface area contributed by atoms with E-state index in [0.717, 1.165) is 49.2 Å². The van der Waals surface area contributed by atoms with E-state index in [2.05, 4.69) is 9.69 Å². The Morgan fingerprint density at radius 3 is 2.39 bits per heavy atom. The van der Waals surface area contributed by atoms with Crippen LogP contribution in [0.3, 0.4) is 0 Å². The Morgan fingerprint density at radius 1 is 1.11 bits per heavy atom. The number of primary amides is 1. The monoisotopic (exact) mass is 535 g/mol. The van der Waals surface area contributed by atoms with Gasteiger partial charge in [-0.05, 0) is 60.1 Å². The minimum Gasteiger partial charge on any atom is -0.497 e. The number of nitrogens with two attached hydrogens (primary N) is 2. The van der Waals surface area contributed by atoms with Crippen LogP contribution in [0.2, 0.25) is 0 Å². The average molecular weight is 536 g/mol. The minimum atomic E-state index is -1.01. The van der Waals surface area contributed by atoms with Crippen LogP contribution in [-0.4, -0.2) is 35.2 Å². The third kappa shape index (κ3) is 5.65. The van der Waals surface area contributed by atoms with Crippen LogP contribution in [0.1, 0.15) is 76.4 Å². The molecule has 3 aromatic rings. The van der Waals surface area contributed by atoms with Crippen LogP contribution >= 0.6 is 11.5 Å². The average Bonchev–Trinajstić information content (AvgIpc) is 3.33. The molecule has 1 aliphatic carbocycles. The summed E-state index contributed by atoms with van der Waals surface area (Å²) in [5.74, 6) is -1.02. The van der Waals surface area contributed by atoms with Crippen molar-refractivity contribution in [2.75, 3.05) is 17.7 Å². The first kappa shape index (κ1) is 27.1. The van der Waals surface area contributed by atoms with Crippen molar-refractivity contribution >= 4 is 40.6 Å². The molecule has 38 heavy (non-hydrogen) atoms. The highest BCUT2D eigenvalue weighted by molar-refractivity contribution is 7.09. The van der Waals surface area contributed by atoms with Crippen molar-refractivity contribution in [3.8, 4) is 5.75 Å². The molecule has 1 saturated carbocycles. The van der Waals surface area contributed by atoms with Gasteiger partial charge in [-0.25, -0.2) is 0 Å². The Balaban J connectivity index is 1.87. The first-order valence-corrected chi connectivity index (χ1v) is 13.5. The quantitative estimate of drug-likeness (QED) is 0.374. The molecule has 5 N–H and O–H groups in total. The SMILES string of the molecule is CCc1ccccc1N(C(=O)c1snc(C(N)=O)c1N)[C@H](C(=O)NC1CCCCC1)c1ccc(OC)cc1. The number of hydrogen-bond acceptors (Lipinski definition) is 7. The number of benzene rings is 2. The molecule has 1 atom stereocenters. The molecular formula is C28H33N5O4S. The molecule has 1 aromatic heterocycles. The van der Waals surface area contributed by atoms with Crippen LogP contribution in [0.25, 0.3) is 0 Å². The fourth-order valence-electron chi connectivity index (χ4n) is 4.88. The molecule has 1 aliphatic rings. The van der Waals surface area contributed by atoms with Crippen LogP contribution in [0.4, 0.5) is 11.4 Å². The number of amides is 3. The van der Waals surface area contributed by atoms with E-state index < -0.39 is 17.9 Å². The van der Waals surface area contributed by atoms with Crippen LogP contribution < -0.4 is 26.4 Å². The standard InChI is InChI=1S/C28H33N5O4S/c1-3-17-9-7-8-12-21(17)33(28(36)25-22(29)23(26(30)34)32-38-25)24(18-13-15-20(37-2)16-14-18)27(35)31-19-10-5-4-6-11-19/h7-9,12-16,19,24H,3-6,10-11,29H2,1-2H3,(H2,30,34)(H,31,35)/t24-/m0/s1. The zero-order valence-corrected chi connectivity index (χ0v) is 22.4. The third-order valence-electron chi connectivity index (χ3n) is 6.90. The molecule has 2 aromatic carbocycles. The van der Waals surface area contributed by atoms with Crippen LogP contribution in [0.15, 0.2) is 48.5 Å². The molecule has 0 spiro atoms. The second-order valence-electron chi connectivity index (χ2n) is 9.31. The van der Waals surface area contributed by atoms with Gasteiger partial charge in [-0.3, -0.25) is 19.3 Å². The molecule has 1 heterocycles. The van der Waals surface area contributed by atoms with Gasteiger partial charge in [0.05, 0.1) is 12.8 Å². The number of aromatic nitrogens is 1. The zero-order valence-electron chi connectivity index (χ0n) is 21.6. The van der Waals surface area contributed by atoms with Gasteiger partial charge in [-0.2, -0.15) is 4.37 Å². The number of nitrogens with zero attached hydrogens (tertiary/aromatic N) is 2. The highest BCUT2D eigenvalue weighted by Gasteiger charge is 2.37. The van der Waals surface area contributed by atoms with Crippen LogP contribution in [0.5, 0.6) is 5.75 Å². The fraction of sp³-hybridized carbons (Fsp3) is 0.357. The van der Waals surface area contributed by atoms with Gasteiger partial charge in [0.1, 0.15) is 16.7 Å². The molecule has 10 heteroatoms. The van der Waals surface area contributed by atoms with Crippen molar-refractivity contribution < 1.29 is 19.1 Å². The summed E-state index contributed by atoms with van der Waals surface area (Å²) in [5, 5.41) is 3.20. The summed E-state index contributed by atoms with van der Waals surface area (Å²) in [5.41, 5.74) is 13.4. The van der Waals surface area contributed by atoms with Crippen molar-refractivity contribution in [2.24, 2.45) is 5.73 Å². The molecule has 0 bridgehead atoms. The summed E-state index contributed by atoms with van der Waals surface area (Å²) in [6.07, 6.45) is 5.66. The van der Waals surface area contributed by atoms with Gasteiger partial charge in [0.2, 0.25) is 5.91 Å². The lowest BCUT2D eigenvalue weighted by Gasteiger charge is -2.34. The van der Waals surface area contributed by atoms with Crippen molar-refractivity contribution in [3.63, 3.8) is 0 Å². The molecule has 0 saturated heterocycles. The highest BCUT2D eigenvalue weighted by atomic mass is 32.1. The number of para-hydroxylation sites is 1. The third-order valence-corrected chi connectivity index (χ3v) is 7.75. The maximum atomic E-state index is 14.3. The number of methoxy groups -OCH3 is 1. The molecule has 1 fully saturated rings. The molecule has 0 aliphatic heterocycles. The van der Waals surface area contributed by atoms with Crippen molar-refractivity contribution in [1.29, 1.82) is 0 Å². The normalized spacial score (nSPS) is 14.5. The molecule has 3 amide bonds. The Bertz CT molecular complexity index is 1300. The Kier molecular flexibility index (Phi) is 8.62. The van der Waals surface area contributed by atoms with Gasteiger partial charge in [0.15, 0.2) is 5.69 Å². The van der Waals surface area contributed by atoms with E-state index in [0.29, 0.717) is 23.4 Å². The summed E-state index contributed by atoms with van der Waals surface area (Å²) in [7, 11) is 1.57. The molecule has 0 unspecified atom stereocenters. The van der Waals surface area contributed by atoms with E-state index in [1.807, 2.05) is 31.2 Å². The predicted octanol–water partition coefficient (Wildman–Crippen LogP) is 4.23. The Morgan fingerprint density at radius 2 is 1.79 bits per heavy atom. The zero-order chi connectivity index (χ0) is 27.2. The number of anilines is 2.